The molecule has 0 aliphatic carbocycles. The van der Waals surface area contributed by atoms with E-state index >= 15 is 0 Å². The molecule has 0 spiro atoms. The summed E-state index contributed by atoms with van der Waals surface area (Å²) in [6.45, 7) is 11.8. The lowest BCUT2D eigenvalue weighted by atomic mass is 9.94. The second-order valence-corrected chi connectivity index (χ2v) is 9.03. The lowest BCUT2D eigenvalue weighted by molar-refractivity contribution is -0.154. The SMILES string of the molecule is C=C(C)C(=O)OC(C)(CC)CCCCCCCCCCCCCCCCCC. The average molecular weight is 395 g/mol. The maximum atomic E-state index is 11.8. The van der Waals surface area contributed by atoms with E-state index in [-0.39, 0.29) is 11.6 Å². The van der Waals surface area contributed by atoms with Gasteiger partial charge in [0.05, 0.1) is 0 Å². The van der Waals surface area contributed by atoms with Gasteiger partial charge in [0.15, 0.2) is 0 Å². The van der Waals surface area contributed by atoms with Crippen molar-refractivity contribution >= 4 is 5.97 Å². The van der Waals surface area contributed by atoms with Gasteiger partial charge in [-0.05, 0) is 33.1 Å². The number of esters is 1. The summed E-state index contributed by atoms with van der Waals surface area (Å²) in [6.07, 6.45) is 23.9. The maximum Gasteiger partial charge on any atom is 0.333 e. The Morgan fingerprint density at radius 3 is 1.39 bits per heavy atom. The van der Waals surface area contributed by atoms with Gasteiger partial charge >= 0.3 is 5.97 Å². The van der Waals surface area contributed by atoms with Crippen LogP contribution < -0.4 is 0 Å². The van der Waals surface area contributed by atoms with Crippen LogP contribution in [0.4, 0.5) is 0 Å². The van der Waals surface area contributed by atoms with Crippen LogP contribution in [0, 0.1) is 0 Å². The van der Waals surface area contributed by atoms with Gasteiger partial charge in [-0.3, -0.25) is 0 Å². The molecular formula is C26H50O2. The molecule has 2 nitrogen and oxygen atoms in total. The highest BCUT2D eigenvalue weighted by atomic mass is 16.6. The van der Waals surface area contributed by atoms with E-state index in [4.69, 9.17) is 4.74 Å². The molecule has 2 heteroatoms. The Labute approximate surface area is 176 Å². The minimum absolute atomic E-state index is 0.249. The number of hydrogen-bond acceptors (Lipinski definition) is 2. The van der Waals surface area contributed by atoms with Crippen molar-refractivity contribution in [2.24, 2.45) is 0 Å². The van der Waals surface area contributed by atoms with Crippen LogP contribution in [0.25, 0.3) is 0 Å². The molecule has 0 saturated carbocycles. The summed E-state index contributed by atoms with van der Waals surface area (Å²) >= 11 is 0. The van der Waals surface area contributed by atoms with E-state index in [1.807, 2.05) is 0 Å². The molecule has 0 aromatic heterocycles. The third-order valence-electron chi connectivity index (χ3n) is 5.99. The summed E-state index contributed by atoms with van der Waals surface area (Å²) < 4.78 is 5.63. The summed E-state index contributed by atoms with van der Waals surface area (Å²) in [5.74, 6) is -0.249. The van der Waals surface area contributed by atoms with Gasteiger partial charge < -0.3 is 4.74 Å². The van der Waals surface area contributed by atoms with Gasteiger partial charge in [-0.25, -0.2) is 4.79 Å². The van der Waals surface area contributed by atoms with Crippen molar-refractivity contribution in [2.45, 2.75) is 149 Å². The van der Waals surface area contributed by atoms with Gasteiger partial charge in [0.25, 0.3) is 0 Å². The highest BCUT2D eigenvalue weighted by Gasteiger charge is 2.26. The molecule has 1 atom stereocenters. The predicted octanol–water partition coefficient (Wildman–Crippen LogP) is 8.93. The molecule has 166 valence electrons. The van der Waals surface area contributed by atoms with Crippen LogP contribution in [-0.2, 0) is 9.53 Å². The summed E-state index contributed by atoms with van der Waals surface area (Å²) in [7, 11) is 0. The van der Waals surface area contributed by atoms with Crippen LogP contribution in [0.5, 0.6) is 0 Å². The van der Waals surface area contributed by atoms with Crippen molar-refractivity contribution in [1.82, 2.24) is 0 Å². The molecular weight excluding hydrogens is 344 g/mol. The van der Waals surface area contributed by atoms with Crippen molar-refractivity contribution < 1.29 is 9.53 Å². The molecule has 28 heavy (non-hydrogen) atoms. The zero-order valence-electron chi connectivity index (χ0n) is 19.8. The monoisotopic (exact) mass is 394 g/mol. The number of ether oxygens (including phenoxy) is 1. The predicted molar refractivity (Wildman–Crippen MR) is 124 cm³/mol. The summed E-state index contributed by atoms with van der Waals surface area (Å²) in [5.41, 5.74) is 0.165. The minimum atomic E-state index is -0.327. The Morgan fingerprint density at radius 1 is 0.714 bits per heavy atom. The standard InChI is InChI=1S/C26H50O2/c1-6-8-9-10-11-12-13-14-15-16-17-18-19-20-21-22-23-26(5,7-2)28-25(27)24(3)4/h3,6-23H2,1-2,4-5H3. The fraction of sp³-hybridized carbons (Fsp3) is 0.885. The fourth-order valence-electron chi connectivity index (χ4n) is 3.66. The highest BCUT2D eigenvalue weighted by Crippen LogP contribution is 2.25. The first-order valence-corrected chi connectivity index (χ1v) is 12.3. The Hall–Kier alpha value is -0.790. The van der Waals surface area contributed by atoms with E-state index in [1.165, 1.54) is 96.3 Å². The molecule has 0 bridgehead atoms. The summed E-state index contributed by atoms with van der Waals surface area (Å²) in [5, 5.41) is 0. The topological polar surface area (TPSA) is 26.3 Å². The second-order valence-electron chi connectivity index (χ2n) is 9.03. The van der Waals surface area contributed by atoms with Gasteiger partial charge in [-0.2, -0.15) is 0 Å². The molecule has 0 heterocycles. The van der Waals surface area contributed by atoms with E-state index in [1.54, 1.807) is 6.92 Å². The van der Waals surface area contributed by atoms with Crippen LogP contribution in [0.1, 0.15) is 143 Å². The Morgan fingerprint density at radius 2 is 1.07 bits per heavy atom. The highest BCUT2D eigenvalue weighted by molar-refractivity contribution is 5.87. The van der Waals surface area contributed by atoms with E-state index in [0.717, 1.165) is 19.3 Å². The van der Waals surface area contributed by atoms with Gasteiger partial charge in [0.2, 0.25) is 0 Å². The smallest absolute Gasteiger partial charge is 0.333 e. The molecule has 0 radical (unpaired) electrons. The van der Waals surface area contributed by atoms with Gasteiger partial charge in [0, 0.05) is 5.57 Å². The summed E-state index contributed by atoms with van der Waals surface area (Å²) in [4.78, 5) is 11.8. The van der Waals surface area contributed by atoms with Crippen LogP contribution >= 0.6 is 0 Å². The first kappa shape index (κ1) is 27.2. The molecule has 0 aliphatic heterocycles. The number of carbonyl (C=O) groups is 1. The Balaban J connectivity index is 3.43. The Bertz CT molecular complexity index is 388. The van der Waals surface area contributed by atoms with E-state index in [2.05, 4.69) is 27.4 Å². The Kier molecular flexibility index (Phi) is 17.7. The van der Waals surface area contributed by atoms with Crippen LogP contribution in [0.15, 0.2) is 12.2 Å². The molecule has 0 saturated heterocycles. The molecule has 0 aliphatic rings. The zero-order valence-corrected chi connectivity index (χ0v) is 19.8. The van der Waals surface area contributed by atoms with E-state index < -0.39 is 0 Å². The normalized spacial score (nSPS) is 13.3. The van der Waals surface area contributed by atoms with Crippen molar-refractivity contribution in [3.63, 3.8) is 0 Å². The fourth-order valence-corrected chi connectivity index (χ4v) is 3.66. The lowest BCUT2D eigenvalue weighted by Crippen LogP contribution is -2.31. The molecule has 0 amide bonds. The first-order chi connectivity index (χ1) is 13.4. The molecule has 0 N–H and O–H groups in total. The third kappa shape index (κ3) is 16.2. The van der Waals surface area contributed by atoms with Gasteiger partial charge in [-0.15, -0.1) is 0 Å². The third-order valence-corrected chi connectivity index (χ3v) is 5.99. The molecule has 0 rings (SSSR count). The second kappa shape index (κ2) is 18.3. The zero-order chi connectivity index (χ0) is 21.1. The van der Waals surface area contributed by atoms with Crippen molar-refractivity contribution in [1.29, 1.82) is 0 Å². The van der Waals surface area contributed by atoms with Gasteiger partial charge in [0.1, 0.15) is 5.60 Å². The lowest BCUT2D eigenvalue weighted by Gasteiger charge is -2.28. The number of carbonyl (C=O) groups excluding carboxylic acids is 1. The van der Waals surface area contributed by atoms with Crippen LogP contribution in [0.2, 0.25) is 0 Å². The number of unbranched alkanes of at least 4 members (excludes halogenated alkanes) is 15. The summed E-state index contributed by atoms with van der Waals surface area (Å²) in [6, 6.07) is 0. The molecule has 0 fully saturated rings. The first-order valence-electron chi connectivity index (χ1n) is 12.3. The number of rotatable bonds is 20. The largest absolute Gasteiger partial charge is 0.456 e. The van der Waals surface area contributed by atoms with Crippen molar-refractivity contribution in [3.8, 4) is 0 Å². The maximum absolute atomic E-state index is 11.8. The quantitative estimate of drug-likeness (QED) is 0.117. The molecule has 0 aromatic carbocycles. The average Bonchev–Trinajstić information content (AvgIpc) is 2.67. The minimum Gasteiger partial charge on any atom is -0.456 e. The van der Waals surface area contributed by atoms with E-state index in [0.29, 0.717) is 5.57 Å². The van der Waals surface area contributed by atoms with E-state index in [9.17, 15) is 4.79 Å². The van der Waals surface area contributed by atoms with Crippen molar-refractivity contribution in [2.75, 3.05) is 0 Å². The number of hydrogen-bond donors (Lipinski definition) is 0. The van der Waals surface area contributed by atoms with Crippen LogP contribution in [0.3, 0.4) is 0 Å². The molecule has 0 aromatic rings. The van der Waals surface area contributed by atoms with Crippen LogP contribution in [-0.4, -0.2) is 11.6 Å². The molecule has 1 unspecified atom stereocenters. The van der Waals surface area contributed by atoms with Gasteiger partial charge in [-0.1, -0.05) is 117 Å². The van der Waals surface area contributed by atoms with Crippen molar-refractivity contribution in [3.05, 3.63) is 12.2 Å².